The van der Waals surface area contributed by atoms with Gasteiger partial charge in [-0.2, -0.15) is 0 Å². The summed E-state index contributed by atoms with van der Waals surface area (Å²) < 4.78 is 2.46. The van der Waals surface area contributed by atoms with E-state index in [-0.39, 0.29) is 0 Å². The van der Waals surface area contributed by atoms with Crippen molar-refractivity contribution in [3.05, 3.63) is 215 Å². The van der Waals surface area contributed by atoms with Gasteiger partial charge in [-0.05, 0) is 153 Å². The Balaban J connectivity index is 1.07. The summed E-state index contributed by atoms with van der Waals surface area (Å²) in [6, 6.07) is 68.6. The van der Waals surface area contributed by atoms with Crippen molar-refractivity contribution in [3.8, 4) is 27.9 Å². The Kier molecular flexibility index (Phi) is 8.27. The SMILES string of the molecule is CC(C)Cc1ccc2c(c1)c1cc(CC(C)C)ccc1n2-c1ccc(N(c2ccccc2)c2ccc3c(c2)C2(c4ccccc4-c4ccccc42)c2ccccc2-3)cc1. The van der Waals surface area contributed by atoms with E-state index in [9.17, 15) is 0 Å². The van der Waals surface area contributed by atoms with Gasteiger partial charge in [-0.3, -0.25) is 0 Å². The quantitative estimate of drug-likeness (QED) is 0.150. The lowest BCUT2D eigenvalue weighted by atomic mass is 9.70. The number of hydrogen-bond acceptors (Lipinski definition) is 1. The van der Waals surface area contributed by atoms with Gasteiger partial charge in [0.1, 0.15) is 0 Å². The molecule has 0 N–H and O–H groups in total. The van der Waals surface area contributed by atoms with E-state index in [1.54, 1.807) is 0 Å². The summed E-state index contributed by atoms with van der Waals surface area (Å²) in [7, 11) is 0. The molecule has 0 unspecified atom stereocenters. The molecule has 1 spiro atoms. The van der Waals surface area contributed by atoms with Gasteiger partial charge in [-0.15, -0.1) is 0 Å². The first-order valence-corrected chi connectivity index (χ1v) is 21.4. The van der Waals surface area contributed by atoms with Gasteiger partial charge in [0, 0.05) is 33.5 Å². The molecule has 0 saturated carbocycles. The van der Waals surface area contributed by atoms with Crippen LogP contribution in [0.2, 0.25) is 0 Å². The zero-order chi connectivity index (χ0) is 39.8. The highest BCUT2D eigenvalue weighted by atomic mass is 15.1. The predicted molar refractivity (Wildman–Crippen MR) is 249 cm³/mol. The van der Waals surface area contributed by atoms with Crippen molar-refractivity contribution in [3.63, 3.8) is 0 Å². The predicted octanol–water partition coefficient (Wildman–Crippen LogP) is 15.0. The molecule has 0 radical (unpaired) electrons. The lowest BCUT2D eigenvalue weighted by Crippen LogP contribution is -2.26. The van der Waals surface area contributed by atoms with Crippen molar-refractivity contribution >= 4 is 38.9 Å². The minimum absolute atomic E-state index is 0.401. The van der Waals surface area contributed by atoms with Crippen LogP contribution in [-0.4, -0.2) is 4.57 Å². The number of para-hydroxylation sites is 1. The Morgan fingerprint density at radius 1 is 0.407 bits per heavy atom. The van der Waals surface area contributed by atoms with Crippen LogP contribution in [-0.2, 0) is 18.3 Å². The van der Waals surface area contributed by atoms with Gasteiger partial charge in [-0.25, -0.2) is 0 Å². The molecule has 2 aliphatic rings. The smallest absolute Gasteiger partial charge is 0.0726 e. The maximum absolute atomic E-state index is 2.48. The van der Waals surface area contributed by atoms with Crippen LogP contribution in [0, 0.1) is 11.8 Å². The van der Waals surface area contributed by atoms with Gasteiger partial charge < -0.3 is 9.47 Å². The number of aromatic nitrogens is 1. The highest BCUT2D eigenvalue weighted by Crippen LogP contribution is 2.63. The van der Waals surface area contributed by atoms with Crippen LogP contribution in [0.3, 0.4) is 0 Å². The number of hydrogen-bond donors (Lipinski definition) is 0. The van der Waals surface area contributed by atoms with Crippen molar-refractivity contribution < 1.29 is 0 Å². The van der Waals surface area contributed by atoms with Crippen LogP contribution in [0.5, 0.6) is 0 Å². The molecule has 0 aliphatic heterocycles. The van der Waals surface area contributed by atoms with Crippen LogP contribution in [0.25, 0.3) is 49.7 Å². The minimum Gasteiger partial charge on any atom is -0.310 e. The van der Waals surface area contributed by atoms with Crippen LogP contribution < -0.4 is 4.90 Å². The molecule has 8 aromatic carbocycles. The summed E-state index contributed by atoms with van der Waals surface area (Å²) in [4.78, 5) is 2.43. The van der Waals surface area contributed by atoms with Gasteiger partial charge in [0.05, 0.1) is 16.4 Å². The molecule has 11 rings (SSSR count). The highest BCUT2D eigenvalue weighted by Gasteiger charge is 2.51. The van der Waals surface area contributed by atoms with Crippen LogP contribution in [0.15, 0.2) is 182 Å². The maximum atomic E-state index is 2.48. The lowest BCUT2D eigenvalue weighted by molar-refractivity contribution is 0.647. The van der Waals surface area contributed by atoms with E-state index >= 15 is 0 Å². The van der Waals surface area contributed by atoms with Crippen LogP contribution >= 0.6 is 0 Å². The maximum Gasteiger partial charge on any atom is 0.0726 e. The summed E-state index contributed by atoms with van der Waals surface area (Å²) >= 11 is 0. The molecule has 0 saturated heterocycles. The first-order chi connectivity index (χ1) is 28.9. The Hall–Kier alpha value is -6.64. The number of nitrogens with zero attached hydrogens (tertiary/aromatic N) is 2. The van der Waals surface area contributed by atoms with Crippen molar-refractivity contribution in [2.24, 2.45) is 11.8 Å². The van der Waals surface area contributed by atoms with Gasteiger partial charge in [0.25, 0.3) is 0 Å². The van der Waals surface area contributed by atoms with Crippen molar-refractivity contribution in [2.45, 2.75) is 46.0 Å². The fourth-order valence-corrected chi connectivity index (χ4v) is 10.6. The first-order valence-electron chi connectivity index (χ1n) is 21.4. The fraction of sp³-hybridized carbons (Fsp3) is 0.158. The number of anilines is 3. The third-order valence-electron chi connectivity index (χ3n) is 12.8. The number of rotatable bonds is 8. The zero-order valence-corrected chi connectivity index (χ0v) is 34.3. The monoisotopic (exact) mass is 760 g/mol. The molecule has 2 heteroatoms. The molecular formula is C57H48N2. The van der Waals surface area contributed by atoms with E-state index in [0.29, 0.717) is 11.8 Å². The summed E-state index contributed by atoms with van der Waals surface area (Å²) in [6.07, 6.45) is 2.15. The third kappa shape index (κ3) is 5.46. The van der Waals surface area contributed by atoms with E-state index < -0.39 is 5.41 Å². The number of benzene rings is 8. The molecule has 0 atom stereocenters. The van der Waals surface area contributed by atoms with E-state index in [1.165, 1.54) is 77.4 Å². The summed E-state index contributed by atoms with van der Waals surface area (Å²) in [5.41, 5.74) is 20.1. The molecule has 2 aliphatic carbocycles. The molecule has 286 valence electrons. The third-order valence-corrected chi connectivity index (χ3v) is 12.8. The van der Waals surface area contributed by atoms with Gasteiger partial charge in [0.15, 0.2) is 0 Å². The highest BCUT2D eigenvalue weighted by molar-refractivity contribution is 6.10. The normalized spacial score (nSPS) is 13.3. The van der Waals surface area contributed by atoms with E-state index in [1.807, 2.05) is 0 Å². The minimum atomic E-state index is -0.401. The second-order valence-electron chi connectivity index (χ2n) is 17.5. The molecule has 0 amide bonds. The van der Waals surface area contributed by atoms with Crippen molar-refractivity contribution in [2.75, 3.05) is 4.90 Å². The second kappa shape index (κ2) is 13.7. The molecule has 0 fully saturated rings. The summed E-state index contributed by atoms with van der Waals surface area (Å²) in [6.45, 7) is 9.23. The topological polar surface area (TPSA) is 8.17 Å². The summed E-state index contributed by atoms with van der Waals surface area (Å²) in [5.74, 6) is 1.21. The Labute approximate surface area is 348 Å². The fourth-order valence-electron chi connectivity index (χ4n) is 10.6. The molecular weight excluding hydrogens is 713 g/mol. The molecule has 2 nitrogen and oxygen atoms in total. The summed E-state index contributed by atoms with van der Waals surface area (Å²) in [5, 5.41) is 2.67. The number of fused-ring (bicyclic) bond motifs is 13. The Bertz CT molecular complexity index is 2920. The Morgan fingerprint density at radius 2 is 0.847 bits per heavy atom. The molecule has 0 bridgehead atoms. The largest absolute Gasteiger partial charge is 0.310 e. The molecule has 1 heterocycles. The van der Waals surface area contributed by atoms with Crippen molar-refractivity contribution in [1.82, 2.24) is 4.57 Å². The average Bonchev–Trinajstić information content (AvgIpc) is 3.85. The molecule has 59 heavy (non-hydrogen) atoms. The van der Waals surface area contributed by atoms with Crippen LogP contribution in [0.4, 0.5) is 17.1 Å². The van der Waals surface area contributed by atoms with Crippen molar-refractivity contribution in [1.29, 1.82) is 0 Å². The van der Waals surface area contributed by atoms with Gasteiger partial charge in [0.2, 0.25) is 0 Å². The van der Waals surface area contributed by atoms with E-state index in [4.69, 9.17) is 0 Å². The van der Waals surface area contributed by atoms with E-state index in [0.717, 1.165) is 35.6 Å². The molecule has 1 aromatic heterocycles. The Morgan fingerprint density at radius 3 is 1.36 bits per heavy atom. The van der Waals surface area contributed by atoms with E-state index in [2.05, 4.69) is 219 Å². The lowest BCUT2D eigenvalue weighted by Gasteiger charge is -2.32. The first kappa shape index (κ1) is 35.5. The molecule has 9 aromatic rings. The standard InChI is InChI=1S/C57H48N2/c1-37(2)32-39-22-30-55-49(34-39)50-35-40(33-38(3)4)23-31-56(50)59(55)43-26-24-42(25-27-43)58(41-14-6-5-7-15-41)44-28-29-48-47-18-10-13-21-53(47)57(54(48)36-44)51-19-11-8-16-45(51)46-17-9-12-20-52(46)57/h5-31,34-38H,32-33H2,1-4H3. The average molecular weight is 761 g/mol. The zero-order valence-electron chi connectivity index (χ0n) is 34.3. The van der Waals surface area contributed by atoms with Crippen LogP contribution in [0.1, 0.15) is 61.1 Å². The van der Waals surface area contributed by atoms with Gasteiger partial charge >= 0.3 is 0 Å². The second-order valence-corrected chi connectivity index (χ2v) is 17.5. The van der Waals surface area contributed by atoms with Gasteiger partial charge in [-0.1, -0.05) is 137 Å².